The summed E-state index contributed by atoms with van der Waals surface area (Å²) < 4.78 is 5.67. The zero-order valence-electron chi connectivity index (χ0n) is 17.9. The lowest BCUT2D eigenvalue weighted by Gasteiger charge is -2.47. The predicted molar refractivity (Wildman–Crippen MR) is 124 cm³/mol. The maximum atomic E-state index is 13.1. The second-order valence-corrected chi connectivity index (χ2v) is 9.69. The van der Waals surface area contributed by atoms with E-state index in [2.05, 4.69) is 31.3 Å². The maximum Gasteiger partial charge on any atom is 0.226 e. The number of carbonyl (C=O) groups is 1. The van der Waals surface area contributed by atoms with Crippen LogP contribution in [-0.4, -0.2) is 30.3 Å². The van der Waals surface area contributed by atoms with E-state index in [1.165, 1.54) is 5.56 Å². The Bertz CT molecular complexity index is 948. The molecule has 1 saturated carbocycles. The number of aliphatic hydroxyl groups excluding tert-OH is 1. The first-order chi connectivity index (χ1) is 14.9. The largest absolute Gasteiger partial charge is 0.491 e. The number of hydrogen-bond acceptors (Lipinski definition) is 3. The molecule has 0 aromatic heterocycles. The molecule has 1 amide bonds. The highest BCUT2D eigenvalue weighted by Crippen LogP contribution is 2.60. The Morgan fingerprint density at radius 1 is 1.13 bits per heavy atom. The molecule has 4 rings (SSSR count). The zero-order chi connectivity index (χ0) is 22.2. The molecule has 0 bridgehead atoms. The van der Waals surface area contributed by atoms with Crippen molar-refractivity contribution in [2.45, 2.75) is 51.0 Å². The standard InChI is InChI=1S/C25H29Cl2NO3/c1-3-25-9-8-21(17-12-19(27)14-20(13-17)31-11-10-29)22(16-4-6-18(26)7-5-16)23(25)15(2)28-24(25)30/h4-7,12-15,21-23,29H,3,8-11H2,1-2H3,(H,28,30)/t15-,21+,22+,23?,25-/m1/s1. The molecule has 2 fully saturated rings. The second-order valence-electron chi connectivity index (χ2n) is 8.81. The van der Waals surface area contributed by atoms with Crippen LogP contribution in [0.1, 0.15) is 56.1 Å². The molecule has 2 aromatic rings. The minimum Gasteiger partial charge on any atom is -0.491 e. The van der Waals surface area contributed by atoms with Crippen LogP contribution >= 0.6 is 23.2 Å². The van der Waals surface area contributed by atoms with Crippen LogP contribution in [0.5, 0.6) is 5.75 Å². The summed E-state index contributed by atoms with van der Waals surface area (Å²) in [5.41, 5.74) is 1.95. The predicted octanol–water partition coefficient (Wildman–Crippen LogP) is 5.56. The number of nitrogens with one attached hydrogen (secondary N) is 1. The van der Waals surface area contributed by atoms with E-state index in [9.17, 15) is 4.79 Å². The van der Waals surface area contributed by atoms with Gasteiger partial charge in [0.1, 0.15) is 12.4 Å². The number of ether oxygens (including phenoxy) is 1. The van der Waals surface area contributed by atoms with Crippen LogP contribution in [0, 0.1) is 11.3 Å². The van der Waals surface area contributed by atoms with E-state index in [-0.39, 0.29) is 48.3 Å². The van der Waals surface area contributed by atoms with Gasteiger partial charge < -0.3 is 15.2 Å². The summed E-state index contributed by atoms with van der Waals surface area (Å²) in [4.78, 5) is 13.1. The number of fused-ring (bicyclic) bond motifs is 1. The maximum absolute atomic E-state index is 13.1. The molecule has 1 aliphatic carbocycles. The summed E-state index contributed by atoms with van der Waals surface area (Å²) >= 11 is 12.6. The Morgan fingerprint density at radius 2 is 1.87 bits per heavy atom. The fourth-order valence-corrected chi connectivity index (χ4v) is 6.32. The smallest absolute Gasteiger partial charge is 0.226 e. The van der Waals surface area contributed by atoms with E-state index < -0.39 is 0 Å². The van der Waals surface area contributed by atoms with Gasteiger partial charge >= 0.3 is 0 Å². The lowest BCUT2D eigenvalue weighted by molar-refractivity contribution is -0.131. The molecule has 1 aliphatic heterocycles. The van der Waals surface area contributed by atoms with Crippen molar-refractivity contribution in [1.29, 1.82) is 0 Å². The Labute approximate surface area is 193 Å². The molecule has 2 aromatic carbocycles. The molecule has 31 heavy (non-hydrogen) atoms. The Balaban J connectivity index is 1.81. The number of hydrogen-bond donors (Lipinski definition) is 2. The van der Waals surface area contributed by atoms with Crippen molar-refractivity contribution in [2.24, 2.45) is 11.3 Å². The molecule has 0 spiro atoms. The van der Waals surface area contributed by atoms with E-state index in [0.29, 0.717) is 15.8 Å². The normalized spacial score (nSPS) is 30.0. The van der Waals surface area contributed by atoms with Gasteiger partial charge in [0.15, 0.2) is 0 Å². The van der Waals surface area contributed by atoms with Gasteiger partial charge in [0.2, 0.25) is 5.91 Å². The number of benzene rings is 2. The van der Waals surface area contributed by atoms with E-state index in [1.807, 2.05) is 24.3 Å². The summed E-state index contributed by atoms with van der Waals surface area (Å²) in [6, 6.07) is 13.9. The average Bonchev–Trinajstić information content (AvgIpc) is 3.02. The van der Waals surface area contributed by atoms with E-state index >= 15 is 0 Å². The Hall–Kier alpha value is -1.75. The fraction of sp³-hybridized carbons (Fsp3) is 0.480. The molecular formula is C25H29Cl2NO3. The third kappa shape index (κ3) is 4.06. The van der Waals surface area contributed by atoms with Gasteiger partial charge in [-0.3, -0.25) is 4.79 Å². The van der Waals surface area contributed by atoms with Gasteiger partial charge in [0, 0.05) is 22.0 Å². The molecule has 2 N–H and O–H groups in total. The number of amides is 1. The van der Waals surface area contributed by atoms with Gasteiger partial charge in [0.25, 0.3) is 0 Å². The van der Waals surface area contributed by atoms with Crippen LogP contribution in [0.25, 0.3) is 0 Å². The van der Waals surface area contributed by atoms with Gasteiger partial charge in [-0.1, -0.05) is 42.3 Å². The van der Waals surface area contributed by atoms with E-state index in [1.54, 1.807) is 6.07 Å². The van der Waals surface area contributed by atoms with Crippen molar-refractivity contribution in [3.8, 4) is 5.75 Å². The van der Waals surface area contributed by atoms with Crippen molar-refractivity contribution < 1.29 is 14.6 Å². The topological polar surface area (TPSA) is 58.6 Å². The molecule has 166 valence electrons. The van der Waals surface area contributed by atoms with Gasteiger partial charge in [-0.15, -0.1) is 0 Å². The third-order valence-electron chi connectivity index (χ3n) is 7.28. The van der Waals surface area contributed by atoms with Gasteiger partial charge in [-0.25, -0.2) is 0 Å². The van der Waals surface area contributed by atoms with Crippen LogP contribution < -0.4 is 10.1 Å². The molecule has 2 aliphatic rings. The van der Waals surface area contributed by atoms with Crippen molar-refractivity contribution in [2.75, 3.05) is 13.2 Å². The summed E-state index contributed by atoms with van der Waals surface area (Å²) in [5.74, 6) is 1.35. The van der Waals surface area contributed by atoms with Crippen molar-refractivity contribution in [3.05, 3.63) is 63.6 Å². The van der Waals surface area contributed by atoms with Crippen LogP contribution in [-0.2, 0) is 4.79 Å². The molecule has 0 radical (unpaired) electrons. The number of rotatable bonds is 6. The Morgan fingerprint density at radius 3 is 2.55 bits per heavy atom. The number of halogens is 2. The summed E-state index contributed by atoms with van der Waals surface area (Å²) in [5, 5.41) is 13.7. The summed E-state index contributed by atoms with van der Waals surface area (Å²) in [7, 11) is 0. The van der Waals surface area contributed by atoms with Crippen LogP contribution in [0.3, 0.4) is 0 Å². The molecule has 1 saturated heterocycles. The van der Waals surface area contributed by atoms with Crippen molar-refractivity contribution in [3.63, 3.8) is 0 Å². The highest BCUT2D eigenvalue weighted by Gasteiger charge is 2.59. The van der Waals surface area contributed by atoms with Crippen LogP contribution in [0.2, 0.25) is 10.0 Å². The van der Waals surface area contributed by atoms with Gasteiger partial charge in [-0.2, -0.15) is 0 Å². The molecule has 6 heteroatoms. The molecule has 1 heterocycles. The summed E-state index contributed by atoms with van der Waals surface area (Å²) in [6.45, 7) is 4.43. The molecule has 4 nitrogen and oxygen atoms in total. The fourth-order valence-electron chi connectivity index (χ4n) is 5.97. The first kappa shape index (κ1) is 22.4. The Kier molecular flexibility index (Phi) is 6.52. The van der Waals surface area contributed by atoms with E-state index in [4.69, 9.17) is 33.0 Å². The third-order valence-corrected chi connectivity index (χ3v) is 7.75. The molecule has 5 atom stereocenters. The quantitative estimate of drug-likeness (QED) is 0.591. The number of aliphatic hydroxyl groups is 1. The average molecular weight is 462 g/mol. The number of carbonyl (C=O) groups excluding carboxylic acids is 1. The van der Waals surface area contributed by atoms with Crippen molar-refractivity contribution >= 4 is 29.1 Å². The minimum atomic E-state index is -0.352. The first-order valence-electron chi connectivity index (χ1n) is 11.0. The highest BCUT2D eigenvalue weighted by atomic mass is 35.5. The lowest BCUT2D eigenvalue weighted by atomic mass is 9.54. The summed E-state index contributed by atoms with van der Waals surface area (Å²) in [6.07, 6.45) is 2.56. The van der Waals surface area contributed by atoms with Gasteiger partial charge in [0.05, 0.1) is 12.0 Å². The molecule has 1 unspecified atom stereocenters. The SMILES string of the molecule is CC[C@@]12CC[C@@H](c3cc(Cl)cc(OCCO)c3)[C@H](c3ccc(Cl)cc3)C1[C@@H](C)NC2=O. The molecular weight excluding hydrogens is 433 g/mol. The second kappa shape index (κ2) is 9.01. The monoisotopic (exact) mass is 461 g/mol. The van der Waals surface area contributed by atoms with Crippen LogP contribution in [0.15, 0.2) is 42.5 Å². The first-order valence-corrected chi connectivity index (χ1v) is 11.8. The van der Waals surface area contributed by atoms with Crippen molar-refractivity contribution in [1.82, 2.24) is 5.32 Å². The van der Waals surface area contributed by atoms with Crippen LogP contribution in [0.4, 0.5) is 0 Å². The zero-order valence-corrected chi connectivity index (χ0v) is 19.4. The minimum absolute atomic E-state index is 0.0505. The van der Waals surface area contributed by atoms with Gasteiger partial charge in [-0.05, 0) is 79.5 Å². The highest BCUT2D eigenvalue weighted by molar-refractivity contribution is 6.31. The lowest BCUT2D eigenvalue weighted by Crippen LogP contribution is -2.43. The van der Waals surface area contributed by atoms with E-state index in [0.717, 1.165) is 24.8 Å².